The molecule has 15 heavy (non-hydrogen) atoms. The van der Waals surface area contributed by atoms with E-state index in [0.29, 0.717) is 0 Å². The van der Waals surface area contributed by atoms with Gasteiger partial charge in [-0.05, 0) is 61.9 Å². The van der Waals surface area contributed by atoms with Gasteiger partial charge in [-0.2, -0.15) is 0 Å². The number of hydrogen-bond acceptors (Lipinski definition) is 1. The Morgan fingerprint density at radius 3 is 1.67 bits per heavy atom. The van der Waals surface area contributed by atoms with Gasteiger partial charge in [0.2, 0.25) is 0 Å². The fourth-order valence-electron chi connectivity index (χ4n) is 2.41. The zero-order valence-corrected chi connectivity index (χ0v) is 11.2. The first-order chi connectivity index (χ1) is 6.91. The summed E-state index contributed by atoms with van der Waals surface area (Å²) in [7, 11) is 4.27. The van der Waals surface area contributed by atoms with Crippen molar-refractivity contribution < 1.29 is 0 Å². The van der Waals surface area contributed by atoms with Gasteiger partial charge in [-0.1, -0.05) is 6.92 Å². The number of rotatable bonds is 2. The highest BCUT2D eigenvalue weighted by molar-refractivity contribution is 5.66. The minimum Gasteiger partial charge on any atom is -0.377 e. The Morgan fingerprint density at radius 1 is 0.800 bits per heavy atom. The average molecular weight is 205 g/mol. The Hall–Kier alpha value is -0.980. The summed E-state index contributed by atoms with van der Waals surface area (Å²) < 4.78 is 0. The Labute approximate surface area is 94.1 Å². The summed E-state index contributed by atoms with van der Waals surface area (Å²) in [5, 5.41) is 0. The van der Waals surface area contributed by atoms with E-state index in [1.54, 1.807) is 0 Å². The standard InChI is InChI=1S/C14H23N/c1-8-13-11(4)9(2)10(3)12(5)14(13)15(6)7/h8H2,1-7H3. The van der Waals surface area contributed by atoms with Crippen LogP contribution in [0.15, 0.2) is 0 Å². The maximum Gasteiger partial charge on any atom is 0.0428 e. The highest BCUT2D eigenvalue weighted by Gasteiger charge is 2.14. The molecule has 84 valence electrons. The van der Waals surface area contributed by atoms with Gasteiger partial charge in [0.05, 0.1) is 0 Å². The average Bonchev–Trinajstić information content (AvgIpc) is 2.19. The molecule has 0 saturated carbocycles. The minimum absolute atomic E-state index is 1.11. The van der Waals surface area contributed by atoms with Gasteiger partial charge in [0.1, 0.15) is 0 Å². The molecule has 1 heteroatoms. The lowest BCUT2D eigenvalue weighted by Crippen LogP contribution is -2.15. The SMILES string of the molecule is CCc1c(C)c(C)c(C)c(C)c1N(C)C. The van der Waals surface area contributed by atoms with Crippen LogP contribution in [0, 0.1) is 27.7 Å². The van der Waals surface area contributed by atoms with Crippen molar-refractivity contribution in [2.75, 3.05) is 19.0 Å². The second kappa shape index (κ2) is 4.26. The van der Waals surface area contributed by atoms with Crippen molar-refractivity contribution in [3.05, 3.63) is 27.8 Å². The third-order valence-corrected chi connectivity index (χ3v) is 3.58. The van der Waals surface area contributed by atoms with Crippen molar-refractivity contribution in [1.82, 2.24) is 0 Å². The lowest BCUT2D eigenvalue weighted by Gasteiger charge is -2.25. The summed E-state index contributed by atoms with van der Waals surface area (Å²) in [5.74, 6) is 0. The van der Waals surface area contributed by atoms with Gasteiger partial charge in [0.25, 0.3) is 0 Å². The summed E-state index contributed by atoms with van der Waals surface area (Å²) in [6, 6.07) is 0. The van der Waals surface area contributed by atoms with Crippen molar-refractivity contribution in [3.8, 4) is 0 Å². The van der Waals surface area contributed by atoms with Gasteiger partial charge in [-0.25, -0.2) is 0 Å². The monoisotopic (exact) mass is 205 g/mol. The molecular weight excluding hydrogens is 182 g/mol. The Bertz CT molecular complexity index is 376. The quantitative estimate of drug-likeness (QED) is 0.713. The smallest absolute Gasteiger partial charge is 0.0428 e. The number of anilines is 1. The molecule has 0 atom stereocenters. The summed E-state index contributed by atoms with van der Waals surface area (Å²) in [5.41, 5.74) is 8.70. The first-order valence-electron chi connectivity index (χ1n) is 5.68. The normalized spacial score (nSPS) is 10.6. The second-order valence-corrected chi connectivity index (χ2v) is 4.58. The topological polar surface area (TPSA) is 3.24 Å². The van der Waals surface area contributed by atoms with Crippen LogP contribution in [0.1, 0.15) is 34.7 Å². The van der Waals surface area contributed by atoms with Crippen LogP contribution in [0.2, 0.25) is 0 Å². The molecule has 0 saturated heterocycles. The number of nitrogens with zero attached hydrogens (tertiary/aromatic N) is 1. The molecule has 0 unspecified atom stereocenters. The Kier molecular flexibility index (Phi) is 3.43. The zero-order valence-electron chi connectivity index (χ0n) is 11.2. The fraction of sp³-hybridized carbons (Fsp3) is 0.571. The van der Waals surface area contributed by atoms with Crippen LogP contribution in [0.3, 0.4) is 0 Å². The molecule has 0 aromatic heterocycles. The predicted molar refractivity (Wildman–Crippen MR) is 69.1 cm³/mol. The highest BCUT2D eigenvalue weighted by Crippen LogP contribution is 2.32. The van der Waals surface area contributed by atoms with Crippen LogP contribution < -0.4 is 4.90 Å². The van der Waals surface area contributed by atoms with Crippen LogP contribution in [0.5, 0.6) is 0 Å². The summed E-state index contributed by atoms with van der Waals surface area (Å²) in [4.78, 5) is 2.24. The van der Waals surface area contributed by atoms with Crippen molar-refractivity contribution in [3.63, 3.8) is 0 Å². The van der Waals surface area contributed by atoms with Gasteiger partial charge in [-0.15, -0.1) is 0 Å². The van der Waals surface area contributed by atoms with Crippen LogP contribution in [0.4, 0.5) is 5.69 Å². The first kappa shape index (κ1) is 12.1. The highest BCUT2D eigenvalue weighted by atomic mass is 15.1. The van der Waals surface area contributed by atoms with E-state index >= 15 is 0 Å². The Balaban J connectivity index is 3.62. The Morgan fingerprint density at radius 2 is 1.27 bits per heavy atom. The van der Waals surface area contributed by atoms with Gasteiger partial charge < -0.3 is 4.90 Å². The second-order valence-electron chi connectivity index (χ2n) is 4.58. The molecule has 0 amide bonds. The molecule has 1 aromatic carbocycles. The molecule has 0 bridgehead atoms. The maximum absolute atomic E-state index is 2.24. The van der Waals surface area contributed by atoms with E-state index < -0.39 is 0 Å². The van der Waals surface area contributed by atoms with Crippen molar-refractivity contribution in [2.45, 2.75) is 41.0 Å². The third-order valence-electron chi connectivity index (χ3n) is 3.58. The molecule has 0 radical (unpaired) electrons. The third kappa shape index (κ3) is 1.88. The summed E-state index contributed by atoms with van der Waals surface area (Å²) in [6.07, 6.45) is 1.11. The molecule has 0 N–H and O–H groups in total. The number of benzene rings is 1. The van der Waals surface area contributed by atoms with E-state index in [9.17, 15) is 0 Å². The van der Waals surface area contributed by atoms with E-state index in [4.69, 9.17) is 0 Å². The van der Waals surface area contributed by atoms with E-state index in [0.717, 1.165) is 6.42 Å². The maximum atomic E-state index is 2.24. The van der Waals surface area contributed by atoms with Crippen LogP contribution >= 0.6 is 0 Å². The minimum atomic E-state index is 1.11. The largest absolute Gasteiger partial charge is 0.377 e. The van der Waals surface area contributed by atoms with Gasteiger partial charge in [0, 0.05) is 19.8 Å². The molecular formula is C14H23N. The van der Waals surface area contributed by atoms with E-state index in [2.05, 4.69) is 53.6 Å². The van der Waals surface area contributed by atoms with E-state index in [1.807, 2.05) is 0 Å². The molecule has 0 aliphatic carbocycles. The van der Waals surface area contributed by atoms with Crippen molar-refractivity contribution >= 4 is 5.69 Å². The molecule has 1 aromatic rings. The van der Waals surface area contributed by atoms with Crippen molar-refractivity contribution in [1.29, 1.82) is 0 Å². The molecule has 0 aliphatic heterocycles. The van der Waals surface area contributed by atoms with E-state index in [-0.39, 0.29) is 0 Å². The lowest BCUT2D eigenvalue weighted by molar-refractivity contribution is 1.01. The van der Waals surface area contributed by atoms with Crippen LogP contribution in [-0.2, 0) is 6.42 Å². The molecule has 0 heterocycles. The molecule has 0 aliphatic rings. The van der Waals surface area contributed by atoms with Crippen molar-refractivity contribution in [2.24, 2.45) is 0 Å². The fourth-order valence-corrected chi connectivity index (χ4v) is 2.41. The van der Waals surface area contributed by atoms with Gasteiger partial charge in [0.15, 0.2) is 0 Å². The van der Waals surface area contributed by atoms with Crippen LogP contribution in [0.25, 0.3) is 0 Å². The summed E-state index contributed by atoms with van der Waals surface area (Å²) >= 11 is 0. The molecule has 1 rings (SSSR count). The number of hydrogen-bond donors (Lipinski definition) is 0. The lowest BCUT2D eigenvalue weighted by atomic mass is 9.90. The molecule has 0 spiro atoms. The predicted octanol–water partition coefficient (Wildman–Crippen LogP) is 3.55. The summed E-state index contributed by atoms with van der Waals surface area (Å²) in [6.45, 7) is 11.2. The first-order valence-corrected chi connectivity index (χ1v) is 5.68. The zero-order chi connectivity index (χ0) is 11.7. The molecule has 1 nitrogen and oxygen atoms in total. The van der Waals surface area contributed by atoms with Gasteiger partial charge >= 0.3 is 0 Å². The van der Waals surface area contributed by atoms with Gasteiger partial charge in [-0.3, -0.25) is 0 Å². The van der Waals surface area contributed by atoms with E-state index in [1.165, 1.54) is 33.5 Å². The van der Waals surface area contributed by atoms with Crippen LogP contribution in [-0.4, -0.2) is 14.1 Å². The molecule has 0 fully saturated rings.